The Morgan fingerprint density at radius 1 is 1.25 bits per heavy atom. The van der Waals surface area contributed by atoms with Crippen molar-refractivity contribution >= 4 is 41.0 Å². The SMILES string of the molecule is CC(C)(C)OC(=O)N1CCC[C@H]1C(=O)NCCN1C(=O)S/C(=C/c2ccc(F)cc2)C1=O. The van der Waals surface area contributed by atoms with Gasteiger partial charge in [0.05, 0.1) is 4.91 Å². The Kier molecular flexibility index (Phi) is 7.22. The highest BCUT2D eigenvalue weighted by Crippen LogP contribution is 2.32. The van der Waals surface area contributed by atoms with Crippen LogP contribution in [0.1, 0.15) is 39.2 Å². The summed E-state index contributed by atoms with van der Waals surface area (Å²) in [6.45, 7) is 5.80. The number of thioether (sulfide) groups is 1. The maximum atomic E-state index is 13.0. The lowest BCUT2D eigenvalue weighted by atomic mass is 10.2. The molecule has 4 amide bonds. The number of halogens is 1. The van der Waals surface area contributed by atoms with E-state index in [2.05, 4.69) is 5.32 Å². The van der Waals surface area contributed by atoms with E-state index in [1.54, 1.807) is 20.8 Å². The number of amides is 4. The van der Waals surface area contributed by atoms with E-state index >= 15 is 0 Å². The van der Waals surface area contributed by atoms with Crippen LogP contribution in [0.25, 0.3) is 6.08 Å². The number of ether oxygens (including phenoxy) is 1. The quantitative estimate of drug-likeness (QED) is 0.673. The number of benzene rings is 1. The van der Waals surface area contributed by atoms with E-state index in [4.69, 9.17) is 4.74 Å². The molecule has 2 saturated heterocycles. The summed E-state index contributed by atoms with van der Waals surface area (Å²) in [5.74, 6) is -1.20. The fourth-order valence-electron chi connectivity index (χ4n) is 3.39. The highest BCUT2D eigenvalue weighted by molar-refractivity contribution is 8.18. The molecule has 1 aromatic rings. The van der Waals surface area contributed by atoms with E-state index in [-0.39, 0.29) is 23.9 Å². The Bertz CT molecular complexity index is 942. The van der Waals surface area contributed by atoms with Gasteiger partial charge in [-0.05, 0) is 69.1 Å². The number of imide groups is 1. The molecule has 0 spiro atoms. The van der Waals surface area contributed by atoms with Crippen molar-refractivity contribution in [3.8, 4) is 0 Å². The van der Waals surface area contributed by atoms with E-state index in [0.29, 0.717) is 24.9 Å². The average molecular weight is 464 g/mol. The number of hydrogen-bond donors (Lipinski definition) is 1. The van der Waals surface area contributed by atoms with Crippen molar-refractivity contribution in [2.45, 2.75) is 45.3 Å². The van der Waals surface area contributed by atoms with Crippen LogP contribution in [0.4, 0.5) is 14.0 Å². The number of nitrogens with zero attached hydrogens (tertiary/aromatic N) is 2. The summed E-state index contributed by atoms with van der Waals surface area (Å²) in [5.41, 5.74) is -0.0535. The molecule has 2 aliphatic heterocycles. The molecule has 172 valence electrons. The summed E-state index contributed by atoms with van der Waals surface area (Å²) in [7, 11) is 0. The van der Waals surface area contributed by atoms with Crippen molar-refractivity contribution in [1.29, 1.82) is 0 Å². The van der Waals surface area contributed by atoms with Gasteiger partial charge in [-0.1, -0.05) is 12.1 Å². The molecule has 0 bridgehead atoms. The fourth-order valence-corrected chi connectivity index (χ4v) is 4.26. The molecule has 8 nitrogen and oxygen atoms in total. The molecule has 0 unspecified atom stereocenters. The molecule has 3 rings (SSSR count). The Balaban J connectivity index is 1.53. The summed E-state index contributed by atoms with van der Waals surface area (Å²) in [5, 5.41) is 2.27. The summed E-state index contributed by atoms with van der Waals surface area (Å²) in [4.78, 5) is 52.4. The highest BCUT2D eigenvalue weighted by Gasteiger charge is 2.37. The van der Waals surface area contributed by atoms with Gasteiger partial charge in [0.15, 0.2) is 0 Å². The molecule has 10 heteroatoms. The summed E-state index contributed by atoms with van der Waals surface area (Å²) in [6.07, 6.45) is 2.20. The molecule has 1 atom stereocenters. The molecule has 2 fully saturated rings. The van der Waals surface area contributed by atoms with Gasteiger partial charge < -0.3 is 10.1 Å². The van der Waals surface area contributed by atoms with E-state index < -0.39 is 34.7 Å². The molecule has 2 heterocycles. The van der Waals surface area contributed by atoms with Crippen LogP contribution in [0, 0.1) is 5.82 Å². The third-order valence-corrected chi connectivity index (χ3v) is 5.77. The number of likely N-dealkylation sites (tertiary alicyclic amines) is 1. The van der Waals surface area contributed by atoms with Crippen LogP contribution < -0.4 is 5.32 Å². The maximum Gasteiger partial charge on any atom is 0.410 e. The lowest BCUT2D eigenvalue weighted by Crippen LogP contribution is -2.49. The van der Waals surface area contributed by atoms with Gasteiger partial charge in [-0.3, -0.25) is 24.2 Å². The minimum Gasteiger partial charge on any atom is -0.444 e. The van der Waals surface area contributed by atoms with Crippen LogP contribution in [0.15, 0.2) is 29.2 Å². The number of nitrogens with one attached hydrogen (secondary N) is 1. The van der Waals surface area contributed by atoms with Crippen molar-refractivity contribution in [2.75, 3.05) is 19.6 Å². The standard InChI is InChI=1S/C22H26FN3O5S/c1-22(2,3)31-20(29)25-11-4-5-16(25)18(27)24-10-12-26-19(28)17(32-21(26)30)13-14-6-8-15(23)9-7-14/h6-9,13,16H,4-5,10-12H2,1-3H3,(H,24,27)/b17-13+/t16-/m0/s1. The third-order valence-electron chi connectivity index (χ3n) is 4.86. The molecule has 0 saturated carbocycles. The maximum absolute atomic E-state index is 13.0. The minimum absolute atomic E-state index is 0.0102. The van der Waals surface area contributed by atoms with Gasteiger partial charge in [0.1, 0.15) is 17.5 Å². The molecular formula is C22H26FN3O5S. The van der Waals surface area contributed by atoms with Gasteiger partial charge in [0.25, 0.3) is 11.1 Å². The van der Waals surface area contributed by atoms with Gasteiger partial charge in [0, 0.05) is 19.6 Å². The van der Waals surface area contributed by atoms with Crippen molar-refractivity contribution in [3.63, 3.8) is 0 Å². The van der Waals surface area contributed by atoms with Gasteiger partial charge in [0.2, 0.25) is 5.91 Å². The molecule has 1 N–H and O–H groups in total. The van der Waals surface area contributed by atoms with Crippen LogP contribution >= 0.6 is 11.8 Å². The molecule has 0 aliphatic carbocycles. The summed E-state index contributed by atoms with van der Waals surface area (Å²) < 4.78 is 18.4. The van der Waals surface area contributed by atoms with Gasteiger partial charge in [-0.15, -0.1) is 0 Å². The summed E-state index contributed by atoms with van der Waals surface area (Å²) >= 11 is 0.797. The van der Waals surface area contributed by atoms with Crippen molar-refractivity contribution in [1.82, 2.24) is 15.1 Å². The topological polar surface area (TPSA) is 96.0 Å². The molecule has 0 aromatic heterocycles. The van der Waals surface area contributed by atoms with Gasteiger partial charge in [-0.25, -0.2) is 9.18 Å². The van der Waals surface area contributed by atoms with E-state index in [0.717, 1.165) is 16.7 Å². The predicted octanol–water partition coefficient (Wildman–Crippen LogP) is 3.38. The second kappa shape index (κ2) is 9.72. The second-order valence-corrected chi connectivity index (χ2v) is 9.50. The first kappa shape index (κ1) is 23.8. The first-order valence-corrected chi connectivity index (χ1v) is 11.1. The molecule has 32 heavy (non-hydrogen) atoms. The van der Waals surface area contributed by atoms with E-state index in [9.17, 15) is 23.6 Å². The molecule has 0 radical (unpaired) electrons. The number of carbonyl (C=O) groups is 4. The zero-order chi connectivity index (χ0) is 23.5. The largest absolute Gasteiger partial charge is 0.444 e. The van der Waals surface area contributed by atoms with Crippen LogP contribution in [-0.4, -0.2) is 64.2 Å². The van der Waals surface area contributed by atoms with E-state index in [1.807, 2.05) is 0 Å². The normalized spacial score (nSPS) is 20.2. The zero-order valence-electron chi connectivity index (χ0n) is 18.2. The minimum atomic E-state index is -0.659. The van der Waals surface area contributed by atoms with Crippen LogP contribution in [-0.2, 0) is 14.3 Å². The van der Waals surface area contributed by atoms with Crippen LogP contribution in [0.3, 0.4) is 0 Å². The lowest BCUT2D eigenvalue weighted by Gasteiger charge is -2.28. The first-order valence-electron chi connectivity index (χ1n) is 10.3. The fraction of sp³-hybridized carbons (Fsp3) is 0.455. The Morgan fingerprint density at radius 2 is 1.94 bits per heavy atom. The Morgan fingerprint density at radius 3 is 2.59 bits per heavy atom. The second-order valence-electron chi connectivity index (χ2n) is 8.51. The average Bonchev–Trinajstić information content (AvgIpc) is 3.29. The molecular weight excluding hydrogens is 437 g/mol. The predicted molar refractivity (Wildman–Crippen MR) is 118 cm³/mol. The third kappa shape index (κ3) is 5.87. The van der Waals surface area contributed by atoms with E-state index in [1.165, 1.54) is 35.2 Å². The summed E-state index contributed by atoms with van der Waals surface area (Å²) in [6, 6.07) is 4.94. The van der Waals surface area contributed by atoms with Crippen LogP contribution in [0.5, 0.6) is 0 Å². The van der Waals surface area contributed by atoms with Crippen molar-refractivity contribution in [2.24, 2.45) is 0 Å². The van der Waals surface area contributed by atoms with Gasteiger partial charge in [-0.2, -0.15) is 0 Å². The lowest BCUT2D eigenvalue weighted by molar-refractivity contribution is -0.126. The number of carbonyl (C=O) groups excluding carboxylic acids is 4. The molecule has 2 aliphatic rings. The number of hydrogen-bond acceptors (Lipinski definition) is 6. The van der Waals surface area contributed by atoms with Gasteiger partial charge >= 0.3 is 6.09 Å². The zero-order valence-corrected chi connectivity index (χ0v) is 19.0. The Hall–Kier alpha value is -2.88. The van der Waals surface area contributed by atoms with Crippen molar-refractivity contribution < 1.29 is 28.3 Å². The first-order chi connectivity index (χ1) is 15.0. The smallest absolute Gasteiger partial charge is 0.410 e. The highest BCUT2D eigenvalue weighted by atomic mass is 32.2. The Labute approximate surface area is 190 Å². The van der Waals surface area contributed by atoms with Crippen LogP contribution in [0.2, 0.25) is 0 Å². The van der Waals surface area contributed by atoms with Crippen molar-refractivity contribution in [3.05, 3.63) is 40.6 Å². The number of rotatable bonds is 5. The monoisotopic (exact) mass is 463 g/mol. The molecule has 1 aromatic carbocycles.